The van der Waals surface area contributed by atoms with Crippen molar-refractivity contribution in [3.05, 3.63) is 28.8 Å². The average Bonchev–Trinajstić information content (AvgIpc) is 2.38. The van der Waals surface area contributed by atoms with Gasteiger partial charge in [0.05, 0.1) is 13.2 Å². The van der Waals surface area contributed by atoms with Crippen molar-refractivity contribution < 1.29 is 14.6 Å². The molecule has 108 valence electrons. The highest BCUT2D eigenvalue weighted by atomic mass is 16.5. The molecule has 4 nitrogen and oxygen atoms in total. The molecule has 0 amide bonds. The standard InChI is InChI=1S/C15H25NO3/c1-12-9-13(2)15(17)14(10-12)11-16(5-7-18-3)6-8-19-4/h9-10,17H,5-8,11H2,1-4H3. The summed E-state index contributed by atoms with van der Waals surface area (Å²) in [5, 5.41) is 10.1. The molecule has 19 heavy (non-hydrogen) atoms. The van der Waals surface area contributed by atoms with Gasteiger partial charge < -0.3 is 14.6 Å². The van der Waals surface area contributed by atoms with E-state index in [1.165, 1.54) is 5.56 Å². The van der Waals surface area contributed by atoms with E-state index < -0.39 is 0 Å². The van der Waals surface area contributed by atoms with Gasteiger partial charge in [0.15, 0.2) is 0 Å². The summed E-state index contributed by atoms with van der Waals surface area (Å²) in [6.45, 7) is 7.69. The Morgan fingerprint density at radius 2 is 1.63 bits per heavy atom. The van der Waals surface area contributed by atoms with E-state index in [0.717, 1.165) is 24.2 Å². The molecular weight excluding hydrogens is 242 g/mol. The Morgan fingerprint density at radius 3 is 2.16 bits per heavy atom. The van der Waals surface area contributed by atoms with Crippen LogP contribution >= 0.6 is 0 Å². The first-order valence-electron chi connectivity index (χ1n) is 6.57. The topological polar surface area (TPSA) is 41.9 Å². The summed E-state index contributed by atoms with van der Waals surface area (Å²) in [6.07, 6.45) is 0. The van der Waals surface area contributed by atoms with Crippen molar-refractivity contribution in [2.75, 3.05) is 40.5 Å². The molecule has 1 N–H and O–H groups in total. The zero-order chi connectivity index (χ0) is 14.3. The largest absolute Gasteiger partial charge is 0.507 e. The Morgan fingerprint density at radius 1 is 1.05 bits per heavy atom. The minimum absolute atomic E-state index is 0.394. The molecule has 0 unspecified atom stereocenters. The fourth-order valence-corrected chi connectivity index (χ4v) is 2.12. The Balaban J connectivity index is 2.76. The van der Waals surface area contributed by atoms with Gasteiger partial charge in [-0.2, -0.15) is 0 Å². The third-order valence-electron chi connectivity index (χ3n) is 3.14. The third-order valence-corrected chi connectivity index (χ3v) is 3.14. The van der Waals surface area contributed by atoms with Gasteiger partial charge in [0.1, 0.15) is 5.75 Å². The molecule has 1 rings (SSSR count). The van der Waals surface area contributed by atoms with Crippen LogP contribution in [0.4, 0.5) is 0 Å². The normalized spacial score (nSPS) is 11.2. The SMILES string of the molecule is COCCN(CCOC)Cc1cc(C)cc(C)c1O. The molecule has 0 saturated carbocycles. The molecule has 0 bridgehead atoms. The van der Waals surface area contributed by atoms with Crippen molar-refractivity contribution in [3.63, 3.8) is 0 Å². The molecule has 0 aliphatic carbocycles. The molecule has 0 aromatic heterocycles. The minimum atomic E-state index is 0.394. The molecule has 0 fully saturated rings. The summed E-state index contributed by atoms with van der Waals surface area (Å²) in [5.41, 5.74) is 3.06. The van der Waals surface area contributed by atoms with Crippen LogP contribution in [0.2, 0.25) is 0 Å². The second-order valence-electron chi connectivity index (χ2n) is 4.85. The van der Waals surface area contributed by atoms with Crippen molar-refractivity contribution in [1.82, 2.24) is 4.90 Å². The number of phenolic OH excluding ortho intramolecular Hbond substituents is 1. The van der Waals surface area contributed by atoms with Crippen LogP contribution in [0.3, 0.4) is 0 Å². The molecule has 4 heteroatoms. The lowest BCUT2D eigenvalue weighted by molar-refractivity contribution is 0.110. The summed E-state index contributed by atoms with van der Waals surface area (Å²) >= 11 is 0. The number of ether oxygens (including phenoxy) is 2. The maximum Gasteiger partial charge on any atom is 0.122 e. The molecule has 0 heterocycles. The van der Waals surface area contributed by atoms with Crippen LogP contribution in [0.5, 0.6) is 5.75 Å². The molecule has 1 aromatic rings. The summed E-state index contributed by atoms with van der Waals surface area (Å²) in [6, 6.07) is 4.03. The van der Waals surface area contributed by atoms with Gasteiger partial charge in [-0.05, 0) is 19.4 Å². The zero-order valence-electron chi connectivity index (χ0n) is 12.4. The summed E-state index contributed by atoms with van der Waals surface area (Å²) in [4.78, 5) is 2.22. The number of hydrogen-bond acceptors (Lipinski definition) is 4. The van der Waals surface area contributed by atoms with Crippen molar-refractivity contribution in [3.8, 4) is 5.75 Å². The smallest absolute Gasteiger partial charge is 0.122 e. The lowest BCUT2D eigenvalue weighted by atomic mass is 10.1. The zero-order valence-corrected chi connectivity index (χ0v) is 12.4. The second-order valence-corrected chi connectivity index (χ2v) is 4.85. The first-order chi connectivity index (χ1) is 9.08. The van der Waals surface area contributed by atoms with Gasteiger partial charge in [0.25, 0.3) is 0 Å². The second kappa shape index (κ2) is 8.15. The van der Waals surface area contributed by atoms with Crippen molar-refractivity contribution in [1.29, 1.82) is 0 Å². The Kier molecular flexibility index (Phi) is 6.84. The molecule has 0 radical (unpaired) electrons. The fraction of sp³-hybridized carbons (Fsp3) is 0.600. The molecule has 0 atom stereocenters. The van der Waals surface area contributed by atoms with Crippen LogP contribution < -0.4 is 0 Å². The predicted octanol–water partition coefficient (Wildman–Crippen LogP) is 2.10. The van der Waals surface area contributed by atoms with E-state index in [0.29, 0.717) is 25.5 Å². The van der Waals surface area contributed by atoms with Gasteiger partial charge in [-0.3, -0.25) is 4.90 Å². The lowest BCUT2D eigenvalue weighted by Crippen LogP contribution is -2.30. The van der Waals surface area contributed by atoms with E-state index in [4.69, 9.17) is 9.47 Å². The molecule has 1 aromatic carbocycles. The molecule has 0 aliphatic heterocycles. The lowest BCUT2D eigenvalue weighted by Gasteiger charge is -2.22. The van der Waals surface area contributed by atoms with E-state index in [1.54, 1.807) is 14.2 Å². The summed E-state index contributed by atoms with van der Waals surface area (Å²) < 4.78 is 10.2. The van der Waals surface area contributed by atoms with Crippen LogP contribution in [0.25, 0.3) is 0 Å². The Hall–Kier alpha value is -1.10. The van der Waals surface area contributed by atoms with Crippen LogP contribution in [0, 0.1) is 13.8 Å². The maximum absolute atomic E-state index is 10.1. The minimum Gasteiger partial charge on any atom is -0.507 e. The number of rotatable bonds is 8. The molecular formula is C15H25NO3. The van der Waals surface area contributed by atoms with Crippen molar-refractivity contribution in [2.45, 2.75) is 20.4 Å². The number of aromatic hydroxyl groups is 1. The van der Waals surface area contributed by atoms with Crippen LogP contribution in [0.15, 0.2) is 12.1 Å². The molecule has 0 saturated heterocycles. The van der Waals surface area contributed by atoms with Crippen molar-refractivity contribution >= 4 is 0 Å². The average molecular weight is 267 g/mol. The molecule has 0 spiro atoms. The third kappa shape index (κ3) is 5.19. The number of benzene rings is 1. The van der Waals surface area contributed by atoms with Crippen LogP contribution in [-0.4, -0.2) is 50.5 Å². The van der Waals surface area contributed by atoms with Gasteiger partial charge in [-0.1, -0.05) is 17.7 Å². The van der Waals surface area contributed by atoms with Gasteiger partial charge in [-0.15, -0.1) is 0 Å². The van der Waals surface area contributed by atoms with E-state index in [-0.39, 0.29) is 0 Å². The summed E-state index contributed by atoms with van der Waals surface area (Å²) in [7, 11) is 3.39. The highest BCUT2D eigenvalue weighted by molar-refractivity contribution is 5.42. The number of aryl methyl sites for hydroxylation is 2. The first-order valence-corrected chi connectivity index (χ1v) is 6.57. The number of hydrogen-bond donors (Lipinski definition) is 1. The first kappa shape index (κ1) is 16.0. The maximum atomic E-state index is 10.1. The fourth-order valence-electron chi connectivity index (χ4n) is 2.12. The van der Waals surface area contributed by atoms with E-state index >= 15 is 0 Å². The predicted molar refractivity (Wildman–Crippen MR) is 76.6 cm³/mol. The Bertz CT molecular complexity index is 385. The van der Waals surface area contributed by atoms with Crippen molar-refractivity contribution in [2.24, 2.45) is 0 Å². The van der Waals surface area contributed by atoms with E-state index in [2.05, 4.69) is 4.90 Å². The van der Waals surface area contributed by atoms with Crippen LogP contribution in [-0.2, 0) is 16.0 Å². The van der Waals surface area contributed by atoms with Crippen LogP contribution in [0.1, 0.15) is 16.7 Å². The summed E-state index contributed by atoms with van der Waals surface area (Å²) in [5.74, 6) is 0.394. The number of methoxy groups -OCH3 is 2. The number of phenols is 1. The van der Waals surface area contributed by atoms with Gasteiger partial charge >= 0.3 is 0 Å². The highest BCUT2D eigenvalue weighted by Gasteiger charge is 2.11. The molecule has 0 aliphatic rings. The van der Waals surface area contributed by atoms with Gasteiger partial charge in [-0.25, -0.2) is 0 Å². The van der Waals surface area contributed by atoms with Gasteiger partial charge in [0, 0.05) is 39.4 Å². The van der Waals surface area contributed by atoms with Gasteiger partial charge in [0.2, 0.25) is 0 Å². The van der Waals surface area contributed by atoms with E-state index in [1.807, 2.05) is 26.0 Å². The highest BCUT2D eigenvalue weighted by Crippen LogP contribution is 2.24. The number of nitrogens with zero attached hydrogens (tertiary/aromatic N) is 1. The Labute approximate surface area is 115 Å². The van der Waals surface area contributed by atoms with E-state index in [9.17, 15) is 5.11 Å². The quantitative estimate of drug-likeness (QED) is 0.783. The monoisotopic (exact) mass is 267 g/mol.